The number of nitrogens with one attached hydrogen (secondary N) is 1. The standard InChI is InChI=1S/C25H33F2N3O2.C2HF3O2/c1-18(2)17-32-24-9-6-20(14-23(24)27)15-28-25(31)30(22-10-12-29(3)13-11-22)16-19-4-7-21(26)8-5-19;3-2(4,5)1(6)7/h4-9,14,18,22H,10-13,15-17H2,1-3H3,(H,28,31);(H,6,7). The number of carbonyl (C=O) groups excluding carboxylic acids is 1. The van der Waals surface area contributed by atoms with Gasteiger partial charge in [0.25, 0.3) is 0 Å². The van der Waals surface area contributed by atoms with Crippen molar-refractivity contribution in [2.24, 2.45) is 5.92 Å². The van der Waals surface area contributed by atoms with Crippen molar-refractivity contribution in [2.45, 2.75) is 52.0 Å². The molecule has 2 aromatic carbocycles. The minimum Gasteiger partial charge on any atom is -0.490 e. The molecule has 2 aromatic rings. The molecule has 1 saturated heterocycles. The van der Waals surface area contributed by atoms with Gasteiger partial charge in [-0.05, 0) is 74.3 Å². The van der Waals surface area contributed by atoms with Crippen molar-refractivity contribution in [3.05, 3.63) is 65.2 Å². The number of nitrogens with zero attached hydrogens (tertiary/aromatic N) is 2. The van der Waals surface area contributed by atoms with Crippen molar-refractivity contribution in [2.75, 3.05) is 26.7 Å². The molecule has 216 valence electrons. The minimum atomic E-state index is -5.08. The fourth-order valence-corrected chi connectivity index (χ4v) is 3.77. The Bertz CT molecular complexity index is 1070. The molecule has 0 saturated carbocycles. The predicted molar refractivity (Wildman–Crippen MR) is 135 cm³/mol. The van der Waals surface area contributed by atoms with Gasteiger partial charge in [-0.1, -0.05) is 32.0 Å². The number of amides is 2. The molecule has 39 heavy (non-hydrogen) atoms. The Morgan fingerprint density at radius 2 is 1.64 bits per heavy atom. The summed E-state index contributed by atoms with van der Waals surface area (Å²) in [7, 11) is 2.07. The van der Waals surface area contributed by atoms with Crippen LogP contribution in [0.3, 0.4) is 0 Å². The van der Waals surface area contributed by atoms with Gasteiger partial charge in [-0.25, -0.2) is 18.4 Å². The highest BCUT2D eigenvalue weighted by molar-refractivity contribution is 5.74. The number of alkyl halides is 3. The highest BCUT2D eigenvalue weighted by Crippen LogP contribution is 2.21. The van der Waals surface area contributed by atoms with E-state index in [1.165, 1.54) is 18.2 Å². The average Bonchev–Trinajstić information content (AvgIpc) is 2.86. The first-order chi connectivity index (χ1) is 18.3. The molecule has 3 rings (SSSR count). The molecule has 1 fully saturated rings. The van der Waals surface area contributed by atoms with Gasteiger partial charge in [0, 0.05) is 19.1 Å². The number of carboxylic acid groups (broad SMARTS) is 1. The first-order valence-electron chi connectivity index (χ1n) is 12.4. The lowest BCUT2D eigenvalue weighted by molar-refractivity contribution is -0.192. The van der Waals surface area contributed by atoms with E-state index < -0.39 is 18.0 Å². The quantitative estimate of drug-likeness (QED) is 0.421. The van der Waals surface area contributed by atoms with E-state index in [2.05, 4.69) is 17.3 Å². The Labute approximate surface area is 224 Å². The summed E-state index contributed by atoms with van der Waals surface area (Å²) in [4.78, 5) is 26.1. The van der Waals surface area contributed by atoms with Crippen LogP contribution in [0, 0.1) is 17.6 Å². The smallest absolute Gasteiger partial charge is 0.490 e. The number of rotatable bonds is 8. The van der Waals surface area contributed by atoms with Crippen molar-refractivity contribution in [3.63, 3.8) is 0 Å². The lowest BCUT2D eigenvalue weighted by Crippen LogP contribution is -2.49. The van der Waals surface area contributed by atoms with Crippen LogP contribution in [0.15, 0.2) is 42.5 Å². The number of benzene rings is 2. The maximum absolute atomic E-state index is 14.3. The molecule has 0 bridgehead atoms. The number of aliphatic carboxylic acids is 1. The van der Waals surface area contributed by atoms with Gasteiger partial charge < -0.3 is 25.0 Å². The first kappa shape index (κ1) is 31.8. The van der Waals surface area contributed by atoms with E-state index in [0.717, 1.165) is 31.5 Å². The van der Waals surface area contributed by atoms with Crippen molar-refractivity contribution >= 4 is 12.0 Å². The number of likely N-dealkylation sites (tertiary alicyclic amines) is 1. The van der Waals surface area contributed by atoms with Crippen molar-refractivity contribution < 1.29 is 41.4 Å². The number of halogens is 5. The van der Waals surface area contributed by atoms with Gasteiger partial charge in [0.1, 0.15) is 5.82 Å². The predicted octanol–water partition coefficient (Wildman–Crippen LogP) is 5.44. The van der Waals surface area contributed by atoms with Gasteiger partial charge in [0.15, 0.2) is 11.6 Å². The second kappa shape index (κ2) is 14.7. The molecule has 0 aliphatic carbocycles. The molecule has 0 spiro atoms. The van der Waals surface area contributed by atoms with Gasteiger partial charge >= 0.3 is 18.2 Å². The number of hydrogen-bond acceptors (Lipinski definition) is 4. The zero-order valence-electron chi connectivity index (χ0n) is 22.1. The summed E-state index contributed by atoms with van der Waals surface area (Å²) in [6.07, 6.45) is -3.33. The van der Waals surface area contributed by atoms with Gasteiger partial charge in [0.2, 0.25) is 0 Å². The molecule has 0 radical (unpaired) electrons. The number of ether oxygens (including phenoxy) is 1. The molecule has 2 N–H and O–H groups in total. The number of carbonyl (C=O) groups is 2. The van der Waals surface area contributed by atoms with Crippen LogP contribution in [-0.4, -0.2) is 65.9 Å². The topological polar surface area (TPSA) is 82.1 Å². The monoisotopic (exact) mass is 559 g/mol. The lowest BCUT2D eigenvalue weighted by Gasteiger charge is -2.37. The molecule has 1 heterocycles. The maximum atomic E-state index is 14.3. The Kier molecular flexibility index (Phi) is 12.0. The summed E-state index contributed by atoms with van der Waals surface area (Å²) in [5.41, 5.74) is 1.54. The van der Waals surface area contributed by atoms with Crippen LogP contribution < -0.4 is 10.1 Å². The minimum absolute atomic E-state index is 0.0970. The summed E-state index contributed by atoms with van der Waals surface area (Å²) in [5, 5.41) is 10.1. The third-order valence-corrected chi connectivity index (χ3v) is 5.91. The molecule has 12 heteroatoms. The SMILES string of the molecule is CC(C)COc1ccc(CNC(=O)N(Cc2ccc(F)cc2)C2CCN(C)CC2)cc1F.O=C(O)C(F)(F)F. The van der Waals surface area contributed by atoms with Gasteiger partial charge in [-0.3, -0.25) is 0 Å². The van der Waals surface area contributed by atoms with Gasteiger partial charge in [-0.15, -0.1) is 0 Å². The van der Waals surface area contributed by atoms with Gasteiger partial charge in [-0.2, -0.15) is 13.2 Å². The third-order valence-electron chi connectivity index (χ3n) is 5.91. The van der Waals surface area contributed by atoms with Crippen molar-refractivity contribution in [1.29, 1.82) is 0 Å². The molecular formula is C27H34F5N3O4. The summed E-state index contributed by atoms with van der Waals surface area (Å²) in [6.45, 7) is 6.90. The Morgan fingerprint density at radius 3 is 2.15 bits per heavy atom. The largest absolute Gasteiger partial charge is 0.490 e. The van der Waals surface area contributed by atoms with E-state index in [9.17, 15) is 26.7 Å². The molecule has 1 aliphatic heterocycles. The molecular weight excluding hydrogens is 525 g/mol. The van der Waals surface area contributed by atoms with Crippen LogP contribution in [0.1, 0.15) is 37.8 Å². The van der Waals surface area contributed by atoms with Crippen LogP contribution in [0.25, 0.3) is 0 Å². The molecule has 7 nitrogen and oxygen atoms in total. The molecule has 0 atom stereocenters. The van der Waals surface area contributed by atoms with Crippen molar-refractivity contribution in [1.82, 2.24) is 15.1 Å². The summed E-state index contributed by atoms with van der Waals surface area (Å²) in [5.74, 6) is -2.96. The van der Waals surface area contributed by atoms with E-state index in [1.54, 1.807) is 24.3 Å². The number of urea groups is 1. The number of piperidine rings is 1. The Balaban J connectivity index is 0.000000673. The zero-order chi connectivity index (χ0) is 29.2. The van der Waals surface area contributed by atoms with E-state index in [-0.39, 0.29) is 30.2 Å². The van der Waals surface area contributed by atoms with Crippen molar-refractivity contribution in [3.8, 4) is 5.75 Å². The maximum Gasteiger partial charge on any atom is 0.490 e. The van der Waals surface area contributed by atoms with E-state index in [4.69, 9.17) is 14.6 Å². The molecule has 0 unspecified atom stereocenters. The van der Waals surface area contributed by atoms with E-state index in [1.807, 2.05) is 18.7 Å². The highest BCUT2D eigenvalue weighted by Gasteiger charge is 2.38. The summed E-state index contributed by atoms with van der Waals surface area (Å²) in [6, 6.07) is 10.9. The molecule has 1 aliphatic rings. The number of carboxylic acids is 1. The number of hydrogen-bond donors (Lipinski definition) is 2. The van der Waals surface area contributed by atoms with Crippen LogP contribution >= 0.6 is 0 Å². The zero-order valence-corrected chi connectivity index (χ0v) is 22.1. The second-order valence-corrected chi connectivity index (χ2v) is 9.72. The fourth-order valence-electron chi connectivity index (χ4n) is 3.77. The van der Waals surface area contributed by atoms with Crippen LogP contribution in [0.2, 0.25) is 0 Å². The molecule has 2 amide bonds. The highest BCUT2D eigenvalue weighted by atomic mass is 19.4. The van der Waals surface area contributed by atoms with Gasteiger partial charge in [0.05, 0.1) is 6.61 Å². The summed E-state index contributed by atoms with van der Waals surface area (Å²) < 4.78 is 64.9. The average molecular weight is 560 g/mol. The first-order valence-corrected chi connectivity index (χ1v) is 12.4. The lowest BCUT2D eigenvalue weighted by atomic mass is 10.0. The normalized spacial score (nSPS) is 14.4. The fraction of sp³-hybridized carbons (Fsp3) is 0.481. The second-order valence-electron chi connectivity index (χ2n) is 9.72. The third kappa shape index (κ3) is 11.1. The molecule has 0 aromatic heterocycles. The van der Waals surface area contributed by atoms with Crippen LogP contribution in [0.5, 0.6) is 5.75 Å². The summed E-state index contributed by atoms with van der Waals surface area (Å²) >= 11 is 0. The Morgan fingerprint density at radius 1 is 1.08 bits per heavy atom. The van der Waals surface area contributed by atoms with Crippen LogP contribution in [0.4, 0.5) is 26.7 Å². The van der Waals surface area contributed by atoms with Crippen LogP contribution in [-0.2, 0) is 17.9 Å². The Hall–Kier alpha value is -3.41. The van der Waals surface area contributed by atoms with E-state index >= 15 is 0 Å². The van der Waals surface area contributed by atoms with E-state index in [0.29, 0.717) is 24.6 Å².